The number of thioether (sulfide) groups is 1. The van der Waals surface area contributed by atoms with Gasteiger partial charge in [-0.25, -0.2) is 0 Å². The van der Waals surface area contributed by atoms with Crippen LogP contribution < -0.4 is 5.32 Å². The van der Waals surface area contributed by atoms with Crippen LogP contribution in [0, 0.1) is 5.92 Å². The molecule has 5 nitrogen and oxygen atoms in total. The monoisotopic (exact) mass is 254 g/mol. The van der Waals surface area contributed by atoms with Gasteiger partial charge < -0.3 is 10.4 Å². The molecule has 1 atom stereocenters. The highest BCUT2D eigenvalue weighted by molar-refractivity contribution is 7.99. The van der Waals surface area contributed by atoms with Gasteiger partial charge in [-0.15, -0.1) is 11.8 Å². The molecule has 1 heterocycles. The SMILES string of the molecule is CNC(=O)c1cc(SCC(C)C(=O)O)ccn1. The van der Waals surface area contributed by atoms with E-state index in [2.05, 4.69) is 10.3 Å². The molecular formula is C11H14N2O3S. The summed E-state index contributed by atoms with van der Waals surface area (Å²) < 4.78 is 0. The summed E-state index contributed by atoms with van der Waals surface area (Å²) in [6.07, 6.45) is 1.54. The molecule has 0 aromatic carbocycles. The number of pyridine rings is 1. The summed E-state index contributed by atoms with van der Waals surface area (Å²) in [5, 5.41) is 11.2. The van der Waals surface area contributed by atoms with Gasteiger partial charge in [-0.3, -0.25) is 14.6 Å². The Morgan fingerprint density at radius 1 is 1.59 bits per heavy atom. The number of amides is 1. The summed E-state index contributed by atoms with van der Waals surface area (Å²) in [5.74, 6) is -1.03. The molecule has 2 N–H and O–H groups in total. The Labute approximate surface area is 104 Å². The molecule has 92 valence electrons. The highest BCUT2D eigenvalue weighted by Gasteiger charge is 2.12. The zero-order valence-corrected chi connectivity index (χ0v) is 10.5. The molecule has 0 bridgehead atoms. The molecule has 0 radical (unpaired) electrons. The fraction of sp³-hybridized carbons (Fsp3) is 0.364. The molecule has 0 aliphatic heterocycles. The van der Waals surface area contributed by atoms with Gasteiger partial charge in [0.25, 0.3) is 5.91 Å². The van der Waals surface area contributed by atoms with Crippen LogP contribution in [0.15, 0.2) is 23.2 Å². The summed E-state index contributed by atoms with van der Waals surface area (Å²) in [4.78, 5) is 26.8. The number of carboxylic acids is 1. The van der Waals surface area contributed by atoms with E-state index in [4.69, 9.17) is 5.11 Å². The van der Waals surface area contributed by atoms with Crippen molar-refractivity contribution in [3.63, 3.8) is 0 Å². The van der Waals surface area contributed by atoms with Crippen LogP contribution in [0.3, 0.4) is 0 Å². The van der Waals surface area contributed by atoms with Gasteiger partial charge in [0.15, 0.2) is 0 Å². The largest absolute Gasteiger partial charge is 0.481 e. The maximum absolute atomic E-state index is 11.3. The number of carbonyl (C=O) groups excluding carboxylic acids is 1. The van der Waals surface area contributed by atoms with Gasteiger partial charge in [0.1, 0.15) is 5.69 Å². The average Bonchev–Trinajstić information content (AvgIpc) is 2.35. The predicted molar refractivity (Wildman–Crippen MR) is 65.2 cm³/mol. The normalized spacial score (nSPS) is 11.9. The summed E-state index contributed by atoms with van der Waals surface area (Å²) in [6.45, 7) is 1.65. The van der Waals surface area contributed by atoms with Gasteiger partial charge in [0.2, 0.25) is 0 Å². The lowest BCUT2D eigenvalue weighted by molar-refractivity contribution is -0.140. The van der Waals surface area contributed by atoms with Crippen molar-refractivity contribution in [1.82, 2.24) is 10.3 Å². The van der Waals surface area contributed by atoms with Crippen LogP contribution in [-0.2, 0) is 4.79 Å². The lowest BCUT2D eigenvalue weighted by Crippen LogP contribution is -2.19. The number of carbonyl (C=O) groups is 2. The van der Waals surface area contributed by atoms with Crippen LogP contribution >= 0.6 is 11.8 Å². The lowest BCUT2D eigenvalue weighted by atomic mass is 10.2. The second kappa shape index (κ2) is 6.24. The number of nitrogens with zero attached hydrogens (tertiary/aromatic N) is 1. The zero-order valence-electron chi connectivity index (χ0n) is 9.64. The molecule has 0 saturated carbocycles. The third kappa shape index (κ3) is 4.07. The minimum atomic E-state index is -0.821. The van der Waals surface area contributed by atoms with Crippen LogP contribution in [0.1, 0.15) is 17.4 Å². The molecule has 17 heavy (non-hydrogen) atoms. The van der Waals surface area contributed by atoms with Crippen molar-refractivity contribution >= 4 is 23.6 Å². The highest BCUT2D eigenvalue weighted by Crippen LogP contribution is 2.20. The number of rotatable bonds is 5. The van der Waals surface area contributed by atoms with Crippen molar-refractivity contribution in [3.05, 3.63) is 24.0 Å². The van der Waals surface area contributed by atoms with E-state index in [0.717, 1.165) is 4.90 Å². The number of aromatic nitrogens is 1. The van der Waals surface area contributed by atoms with E-state index < -0.39 is 11.9 Å². The lowest BCUT2D eigenvalue weighted by Gasteiger charge is -2.06. The van der Waals surface area contributed by atoms with Gasteiger partial charge in [0, 0.05) is 23.9 Å². The quantitative estimate of drug-likeness (QED) is 0.773. The van der Waals surface area contributed by atoms with Gasteiger partial charge in [0.05, 0.1) is 5.92 Å². The summed E-state index contributed by atoms with van der Waals surface area (Å²) in [5.41, 5.74) is 0.334. The maximum Gasteiger partial charge on any atom is 0.307 e. The molecule has 1 aromatic rings. The first-order valence-corrected chi connectivity index (χ1v) is 6.07. The number of carboxylic acid groups (broad SMARTS) is 1. The first kappa shape index (κ1) is 13.5. The van der Waals surface area contributed by atoms with Gasteiger partial charge in [-0.2, -0.15) is 0 Å². The molecule has 0 saturated heterocycles. The Bertz CT molecular complexity index is 423. The van der Waals surface area contributed by atoms with E-state index in [-0.39, 0.29) is 5.91 Å². The third-order valence-corrected chi connectivity index (χ3v) is 3.37. The molecule has 0 aliphatic carbocycles. The predicted octanol–water partition coefficient (Wildman–Crippen LogP) is 1.25. The first-order chi connectivity index (χ1) is 8.04. The van der Waals surface area contributed by atoms with E-state index in [1.165, 1.54) is 18.8 Å². The molecule has 0 aliphatic rings. The smallest absolute Gasteiger partial charge is 0.307 e. The van der Waals surface area contributed by atoms with E-state index >= 15 is 0 Å². The molecule has 1 amide bonds. The fourth-order valence-electron chi connectivity index (χ4n) is 1.05. The second-order valence-corrected chi connectivity index (χ2v) is 4.60. The standard InChI is InChI=1S/C11H14N2O3S/c1-7(11(15)16)6-17-8-3-4-13-9(5-8)10(14)12-2/h3-5,7H,6H2,1-2H3,(H,12,14)(H,15,16). The summed E-state index contributed by atoms with van der Waals surface area (Å²) in [6, 6.07) is 3.41. The third-order valence-electron chi connectivity index (χ3n) is 2.11. The van der Waals surface area contributed by atoms with Crippen LogP contribution in [-0.4, -0.2) is 34.8 Å². The number of nitrogens with one attached hydrogen (secondary N) is 1. The Balaban J connectivity index is 2.66. The molecule has 1 unspecified atom stereocenters. The Morgan fingerprint density at radius 3 is 2.88 bits per heavy atom. The number of aliphatic carboxylic acids is 1. The topological polar surface area (TPSA) is 79.3 Å². The van der Waals surface area contributed by atoms with Crippen molar-refractivity contribution in [2.45, 2.75) is 11.8 Å². The van der Waals surface area contributed by atoms with Crippen molar-refractivity contribution in [1.29, 1.82) is 0 Å². The minimum Gasteiger partial charge on any atom is -0.481 e. The molecule has 0 fully saturated rings. The van der Waals surface area contributed by atoms with Crippen LogP contribution in [0.25, 0.3) is 0 Å². The van der Waals surface area contributed by atoms with E-state index in [1.807, 2.05) is 0 Å². The summed E-state index contributed by atoms with van der Waals surface area (Å²) >= 11 is 1.40. The molecule has 6 heteroatoms. The van der Waals surface area contributed by atoms with Gasteiger partial charge in [-0.05, 0) is 12.1 Å². The molecule has 0 spiro atoms. The highest BCUT2D eigenvalue weighted by atomic mass is 32.2. The minimum absolute atomic E-state index is 0.251. The van der Waals surface area contributed by atoms with Crippen molar-refractivity contribution in [2.24, 2.45) is 5.92 Å². The van der Waals surface area contributed by atoms with Crippen LogP contribution in [0.5, 0.6) is 0 Å². The number of hydrogen-bond acceptors (Lipinski definition) is 4. The van der Waals surface area contributed by atoms with Crippen molar-refractivity contribution < 1.29 is 14.7 Å². The zero-order chi connectivity index (χ0) is 12.8. The Hall–Kier alpha value is -1.56. The molecule has 1 rings (SSSR count). The van der Waals surface area contributed by atoms with Crippen molar-refractivity contribution in [3.8, 4) is 0 Å². The van der Waals surface area contributed by atoms with E-state index in [0.29, 0.717) is 11.4 Å². The fourth-order valence-corrected chi connectivity index (χ4v) is 1.98. The number of hydrogen-bond donors (Lipinski definition) is 2. The van der Waals surface area contributed by atoms with E-state index in [1.54, 1.807) is 25.3 Å². The Morgan fingerprint density at radius 2 is 2.29 bits per heavy atom. The summed E-state index contributed by atoms with van der Waals surface area (Å²) in [7, 11) is 1.54. The maximum atomic E-state index is 11.3. The van der Waals surface area contributed by atoms with Crippen LogP contribution in [0.4, 0.5) is 0 Å². The first-order valence-electron chi connectivity index (χ1n) is 5.08. The van der Waals surface area contributed by atoms with Gasteiger partial charge >= 0.3 is 5.97 Å². The van der Waals surface area contributed by atoms with E-state index in [9.17, 15) is 9.59 Å². The second-order valence-electron chi connectivity index (χ2n) is 3.51. The van der Waals surface area contributed by atoms with Crippen molar-refractivity contribution in [2.75, 3.05) is 12.8 Å². The molecule has 1 aromatic heterocycles. The molecular weight excluding hydrogens is 240 g/mol. The van der Waals surface area contributed by atoms with Gasteiger partial charge in [-0.1, -0.05) is 6.92 Å². The van der Waals surface area contributed by atoms with Crippen LogP contribution in [0.2, 0.25) is 0 Å². The Kier molecular flexibility index (Phi) is 4.96. The average molecular weight is 254 g/mol.